The van der Waals surface area contributed by atoms with Gasteiger partial charge in [-0.2, -0.15) is 0 Å². The van der Waals surface area contributed by atoms with Gasteiger partial charge in [0.25, 0.3) is 0 Å². The van der Waals surface area contributed by atoms with Gasteiger partial charge in [-0.25, -0.2) is 0 Å². The van der Waals surface area contributed by atoms with Crippen LogP contribution in [0.4, 0.5) is 5.69 Å². The van der Waals surface area contributed by atoms with E-state index in [0.717, 1.165) is 24.2 Å². The van der Waals surface area contributed by atoms with Crippen molar-refractivity contribution in [1.29, 1.82) is 0 Å². The third-order valence-electron chi connectivity index (χ3n) is 5.22. The number of benzene rings is 1. The van der Waals surface area contributed by atoms with Crippen LogP contribution in [0.3, 0.4) is 0 Å². The first-order chi connectivity index (χ1) is 12.9. The summed E-state index contributed by atoms with van der Waals surface area (Å²) in [6, 6.07) is 5.59. The van der Waals surface area contributed by atoms with Gasteiger partial charge in [0.15, 0.2) is 0 Å². The van der Waals surface area contributed by atoms with Crippen LogP contribution >= 0.6 is 0 Å². The molecule has 0 bridgehead atoms. The number of anilines is 1. The van der Waals surface area contributed by atoms with Crippen LogP contribution in [0.25, 0.3) is 0 Å². The highest BCUT2D eigenvalue weighted by Gasteiger charge is 2.31. The molecule has 2 aliphatic rings. The average molecular weight is 372 g/mol. The van der Waals surface area contributed by atoms with E-state index in [1.807, 2.05) is 36.9 Å². The normalized spacial score (nSPS) is 20.9. The molecule has 1 aromatic carbocycles. The fourth-order valence-electron chi connectivity index (χ4n) is 3.72. The summed E-state index contributed by atoms with van der Waals surface area (Å²) >= 11 is 0. The third-order valence-corrected chi connectivity index (χ3v) is 5.22. The lowest BCUT2D eigenvalue weighted by Gasteiger charge is -2.24. The van der Waals surface area contributed by atoms with E-state index in [-0.39, 0.29) is 23.8 Å². The van der Waals surface area contributed by atoms with Gasteiger partial charge in [0, 0.05) is 38.3 Å². The predicted octanol–water partition coefficient (Wildman–Crippen LogP) is 1.05. The Morgan fingerprint density at radius 3 is 2.70 bits per heavy atom. The second-order valence-electron chi connectivity index (χ2n) is 7.48. The zero-order valence-electron chi connectivity index (χ0n) is 16.1. The van der Waals surface area contributed by atoms with Crippen molar-refractivity contribution >= 4 is 23.4 Å². The van der Waals surface area contributed by atoms with E-state index in [0.29, 0.717) is 39.0 Å². The Kier molecular flexibility index (Phi) is 6.11. The topological polar surface area (TPSA) is 81.8 Å². The quantitative estimate of drug-likeness (QED) is 0.828. The van der Waals surface area contributed by atoms with Crippen LogP contribution in [0.5, 0.6) is 0 Å². The zero-order chi connectivity index (χ0) is 19.4. The predicted molar refractivity (Wildman–Crippen MR) is 103 cm³/mol. The van der Waals surface area contributed by atoms with Crippen molar-refractivity contribution in [1.82, 2.24) is 15.1 Å². The van der Waals surface area contributed by atoms with Crippen molar-refractivity contribution in [3.8, 4) is 0 Å². The molecule has 2 heterocycles. The molecule has 3 rings (SSSR count). The molecule has 0 radical (unpaired) electrons. The third kappa shape index (κ3) is 5.07. The van der Waals surface area contributed by atoms with Crippen molar-refractivity contribution in [3.63, 3.8) is 0 Å². The molecule has 0 spiro atoms. The van der Waals surface area contributed by atoms with Gasteiger partial charge in [0.2, 0.25) is 17.7 Å². The molecule has 3 amide bonds. The van der Waals surface area contributed by atoms with Crippen LogP contribution in [0.15, 0.2) is 18.2 Å². The number of nitrogens with one attached hydrogen (secondary N) is 2. The summed E-state index contributed by atoms with van der Waals surface area (Å²) in [6.07, 6.45) is 1.83. The first-order valence-electron chi connectivity index (χ1n) is 9.60. The number of nitrogens with zero attached hydrogens (tertiary/aromatic N) is 2. The maximum atomic E-state index is 12.5. The molecule has 7 heteroatoms. The van der Waals surface area contributed by atoms with Crippen molar-refractivity contribution in [2.45, 2.75) is 39.2 Å². The molecule has 27 heavy (non-hydrogen) atoms. The average Bonchev–Trinajstić information content (AvgIpc) is 2.92. The van der Waals surface area contributed by atoms with E-state index in [9.17, 15) is 14.4 Å². The Labute approximate surface area is 160 Å². The number of aryl methyl sites for hydroxylation is 2. The summed E-state index contributed by atoms with van der Waals surface area (Å²) in [5, 5.41) is 5.72. The summed E-state index contributed by atoms with van der Waals surface area (Å²) in [4.78, 5) is 40.2. The summed E-state index contributed by atoms with van der Waals surface area (Å²) in [5.41, 5.74) is 3.06. The summed E-state index contributed by atoms with van der Waals surface area (Å²) in [5.74, 6) is -0.0833. The van der Waals surface area contributed by atoms with E-state index < -0.39 is 0 Å². The second kappa shape index (κ2) is 8.52. The summed E-state index contributed by atoms with van der Waals surface area (Å²) in [7, 11) is 0. The molecular formula is C20H28N4O3. The highest BCUT2D eigenvalue weighted by atomic mass is 16.2. The molecule has 1 aromatic rings. The minimum absolute atomic E-state index is 0.00225. The SMILES string of the molecule is Cc1ccc(NC(=O)CN2CCCN(C(=O)[C@H]3CCC(=O)N3)CC2)c(C)c1. The summed E-state index contributed by atoms with van der Waals surface area (Å²) < 4.78 is 0. The number of carbonyl (C=O) groups is 3. The molecule has 1 atom stereocenters. The van der Waals surface area contributed by atoms with Crippen molar-refractivity contribution in [3.05, 3.63) is 29.3 Å². The van der Waals surface area contributed by atoms with Gasteiger partial charge >= 0.3 is 0 Å². The highest BCUT2D eigenvalue weighted by molar-refractivity contribution is 5.93. The Morgan fingerprint density at radius 1 is 1.19 bits per heavy atom. The first-order valence-corrected chi connectivity index (χ1v) is 9.60. The van der Waals surface area contributed by atoms with E-state index in [4.69, 9.17) is 0 Å². The molecule has 7 nitrogen and oxygen atoms in total. The first kappa shape index (κ1) is 19.4. The van der Waals surface area contributed by atoms with Crippen LogP contribution in [-0.4, -0.2) is 66.3 Å². The van der Waals surface area contributed by atoms with Gasteiger partial charge in [-0.05, 0) is 38.3 Å². The number of hydrogen-bond donors (Lipinski definition) is 2. The zero-order valence-corrected chi connectivity index (χ0v) is 16.1. The molecular weight excluding hydrogens is 344 g/mol. The van der Waals surface area contributed by atoms with Crippen LogP contribution in [0.1, 0.15) is 30.4 Å². The number of amides is 3. The van der Waals surface area contributed by atoms with E-state index in [2.05, 4.69) is 15.5 Å². The van der Waals surface area contributed by atoms with Crippen molar-refractivity contribution in [2.24, 2.45) is 0 Å². The minimum Gasteiger partial charge on any atom is -0.344 e. The molecule has 2 N–H and O–H groups in total. The van der Waals surface area contributed by atoms with Crippen molar-refractivity contribution in [2.75, 3.05) is 38.0 Å². The standard InChI is InChI=1S/C20H28N4O3/c1-14-4-5-16(15(2)12-14)21-19(26)13-23-8-3-9-24(11-10-23)20(27)17-6-7-18(25)22-17/h4-5,12,17H,3,6-11,13H2,1-2H3,(H,21,26)(H,22,25)/t17-/m1/s1. The van der Waals surface area contributed by atoms with Gasteiger partial charge in [-0.3, -0.25) is 19.3 Å². The van der Waals surface area contributed by atoms with Gasteiger partial charge in [0.1, 0.15) is 6.04 Å². The van der Waals surface area contributed by atoms with E-state index >= 15 is 0 Å². The van der Waals surface area contributed by atoms with E-state index in [1.165, 1.54) is 5.56 Å². The highest BCUT2D eigenvalue weighted by Crippen LogP contribution is 2.16. The van der Waals surface area contributed by atoms with Gasteiger partial charge < -0.3 is 15.5 Å². The van der Waals surface area contributed by atoms with E-state index in [1.54, 1.807) is 0 Å². The Balaban J connectivity index is 1.49. The van der Waals surface area contributed by atoms with Crippen LogP contribution < -0.4 is 10.6 Å². The molecule has 0 aliphatic carbocycles. The molecule has 0 saturated carbocycles. The maximum absolute atomic E-state index is 12.5. The van der Waals surface area contributed by atoms with Gasteiger partial charge in [0.05, 0.1) is 6.54 Å². The Hall–Kier alpha value is -2.41. The number of rotatable bonds is 4. The van der Waals surface area contributed by atoms with Crippen LogP contribution in [0.2, 0.25) is 0 Å². The molecule has 0 unspecified atom stereocenters. The molecule has 2 aliphatic heterocycles. The Bertz CT molecular complexity index is 734. The Morgan fingerprint density at radius 2 is 2.00 bits per heavy atom. The summed E-state index contributed by atoms with van der Waals surface area (Å²) in [6.45, 7) is 7.02. The number of carbonyl (C=O) groups excluding carboxylic acids is 3. The maximum Gasteiger partial charge on any atom is 0.245 e. The fraction of sp³-hybridized carbons (Fsp3) is 0.550. The lowest BCUT2D eigenvalue weighted by atomic mass is 10.1. The van der Waals surface area contributed by atoms with Gasteiger partial charge in [-0.15, -0.1) is 0 Å². The molecule has 146 valence electrons. The minimum atomic E-state index is -0.378. The van der Waals surface area contributed by atoms with Crippen LogP contribution in [0, 0.1) is 13.8 Å². The fourth-order valence-corrected chi connectivity index (χ4v) is 3.72. The molecule has 2 fully saturated rings. The smallest absolute Gasteiger partial charge is 0.245 e. The van der Waals surface area contributed by atoms with Gasteiger partial charge in [-0.1, -0.05) is 17.7 Å². The van der Waals surface area contributed by atoms with Crippen LogP contribution in [-0.2, 0) is 14.4 Å². The largest absolute Gasteiger partial charge is 0.344 e. The monoisotopic (exact) mass is 372 g/mol. The second-order valence-corrected chi connectivity index (χ2v) is 7.48. The lowest BCUT2D eigenvalue weighted by Crippen LogP contribution is -2.46. The molecule has 2 saturated heterocycles. The van der Waals surface area contributed by atoms with Crippen molar-refractivity contribution < 1.29 is 14.4 Å². The lowest BCUT2D eigenvalue weighted by molar-refractivity contribution is -0.134. The molecule has 0 aromatic heterocycles. The number of hydrogen-bond acceptors (Lipinski definition) is 4.